The van der Waals surface area contributed by atoms with Crippen LogP contribution in [-0.4, -0.2) is 61.2 Å². The minimum Gasteiger partial charge on any atom is -0.497 e. The number of carbonyl (C=O) groups excluding carboxylic acids is 1. The summed E-state index contributed by atoms with van der Waals surface area (Å²) in [5.41, 5.74) is 1.13. The molecule has 0 bridgehead atoms. The molecule has 5 nitrogen and oxygen atoms in total. The number of benzene rings is 1. The SMILES string of the molecule is CCC1(CO)CCN(CC(=O)N(C)Cc2cccc(OC)c2)CC1. The summed E-state index contributed by atoms with van der Waals surface area (Å²) < 4.78 is 5.23. The van der Waals surface area contributed by atoms with Crippen LogP contribution in [0.15, 0.2) is 24.3 Å². The van der Waals surface area contributed by atoms with Crippen molar-refractivity contribution < 1.29 is 14.6 Å². The van der Waals surface area contributed by atoms with E-state index in [1.807, 2.05) is 31.3 Å². The van der Waals surface area contributed by atoms with Gasteiger partial charge in [0.25, 0.3) is 0 Å². The van der Waals surface area contributed by atoms with E-state index in [1.165, 1.54) is 0 Å². The number of likely N-dealkylation sites (N-methyl/N-ethyl adjacent to an activating group) is 1. The summed E-state index contributed by atoms with van der Waals surface area (Å²) in [4.78, 5) is 16.4. The van der Waals surface area contributed by atoms with Crippen molar-refractivity contribution in [3.05, 3.63) is 29.8 Å². The van der Waals surface area contributed by atoms with Gasteiger partial charge in [-0.15, -0.1) is 0 Å². The Balaban J connectivity index is 1.84. The molecule has 0 aromatic heterocycles. The Bertz CT molecular complexity index is 533. The van der Waals surface area contributed by atoms with Gasteiger partial charge in [-0.2, -0.15) is 0 Å². The number of nitrogens with zero attached hydrogens (tertiary/aromatic N) is 2. The number of amides is 1. The molecular formula is C19H30N2O3. The van der Waals surface area contributed by atoms with Crippen LogP contribution in [0.3, 0.4) is 0 Å². The minimum atomic E-state index is 0.0615. The molecule has 24 heavy (non-hydrogen) atoms. The van der Waals surface area contributed by atoms with Crippen LogP contribution < -0.4 is 4.74 Å². The molecule has 5 heteroatoms. The number of hydrogen-bond donors (Lipinski definition) is 1. The number of ether oxygens (including phenoxy) is 1. The lowest BCUT2D eigenvalue weighted by Crippen LogP contribution is -2.46. The van der Waals surface area contributed by atoms with E-state index >= 15 is 0 Å². The molecule has 1 aliphatic heterocycles. The normalized spacial score (nSPS) is 17.5. The van der Waals surface area contributed by atoms with Crippen LogP contribution in [0, 0.1) is 5.41 Å². The minimum absolute atomic E-state index is 0.0615. The monoisotopic (exact) mass is 334 g/mol. The van der Waals surface area contributed by atoms with Gasteiger partial charge in [-0.25, -0.2) is 0 Å². The highest BCUT2D eigenvalue weighted by molar-refractivity contribution is 5.78. The first-order valence-corrected chi connectivity index (χ1v) is 8.72. The summed E-state index contributed by atoms with van der Waals surface area (Å²) in [6.45, 7) is 5.19. The second kappa shape index (κ2) is 8.49. The number of rotatable bonds is 7. The third kappa shape index (κ3) is 4.71. The van der Waals surface area contributed by atoms with E-state index in [2.05, 4.69) is 11.8 Å². The first kappa shape index (κ1) is 18.7. The Morgan fingerprint density at radius 3 is 2.67 bits per heavy atom. The maximum Gasteiger partial charge on any atom is 0.236 e. The van der Waals surface area contributed by atoms with Crippen molar-refractivity contribution in [2.45, 2.75) is 32.7 Å². The van der Waals surface area contributed by atoms with Crippen molar-refractivity contribution in [3.8, 4) is 5.75 Å². The summed E-state index contributed by atoms with van der Waals surface area (Å²) in [5.74, 6) is 0.940. The van der Waals surface area contributed by atoms with E-state index in [4.69, 9.17) is 4.74 Å². The molecule has 1 saturated heterocycles. The molecule has 0 atom stereocenters. The Kier molecular flexibility index (Phi) is 6.63. The molecule has 2 rings (SSSR count). The fourth-order valence-electron chi connectivity index (χ4n) is 3.25. The topological polar surface area (TPSA) is 53.0 Å². The van der Waals surface area contributed by atoms with Crippen LogP contribution in [-0.2, 0) is 11.3 Å². The zero-order valence-electron chi connectivity index (χ0n) is 15.1. The smallest absolute Gasteiger partial charge is 0.236 e. The summed E-state index contributed by atoms with van der Waals surface area (Å²) in [6.07, 6.45) is 2.93. The fraction of sp³-hybridized carbons (Fsp3) is 0.632. The lowest BCUT2D eigenvalue weighted by atomic mass is 9.77. The molecule has 1 heterocycles. The van der Waals surface area contributed by atoms with Crippen molar-refractivity contribution in [1.29, 1.82) is 0 Å². The number of likely N-dealkylation sites (tertiary alicyclic amines) is 1. The average Bonchev–Trinajstić information content (AvgIpc) is 2.62. The second-order valence-electron chi connectivity index (χ2n) is 6.89. The van der Waals surface area contributed by atoms with Gasteiger partial charge in [0.1, 0.15) is 5.75 Å². The number of carbonyl (C=O) groups is 1. The Hall–Kier alpha value is -1.59. The Morgan fingerprint density at radius 2 is 2.08 bits per heavy atom. The second-order valence-corrected chi connectivity index (χ2v) is 6.89. The van der Waals surface area contributed by atoms with Crippen molar-refractivity contribution >= 4 is 5.91 Å². The predicted molar refractivity (Wildman–Crippen MR) is 95.0 cm³/mol. The van der Waals surface area contributed by atoms with Crippen LogP contribution >= 0.6 is 0 Å². The highest BCUT2D eigenvalue weighted by atomic mass is 16.5. The number of hydrogen-bond acceptors (Lipinski definition) is 4. The molecule has 1 N–H and O–H groups in total. The zero-order valence-corrected chi connectivity index (χ0v) is 15.1. The van der Waals surface area contributed by atoms with E-state index in [9.17, 15) is 9.90 Å². The molecule has 0 unspecified atom stereocenters. The quantitative estimate of drug-likeness (QED) is 0.830. The zero-order chi connectivity index (χ0) is 17.6. The van der Waals surface area contributed by atoms with E-state index < -0.39 is 0 Å². The number of methoxy groups -OCH3 is 1. The van der Waals surface area contributed by atoms with Crippen LogP contribution in [0.4, 0.5) is 0 Å². The average molecular weight is 334 g/mol. The molecule has 134 valence electrons. The molecule has 0 saturated carbocycles. The lowest BCUT2D eigenvalue weighted by Gasteiger charge is -2.40. The highest BCUT2D eigenvalue weighted by Crippen LogP contribution is 2.34. The van der Waals surface area contributed by atoms with Crippen LogP contribution in [0.2, 0.25) is 0 Å². The van der Waals surface area contributed by atoms with Gasteiger partial charge in [-0.3, -0.25) is 9.69 Å². The molecule has 0 aliphatic carbocycles. The molecule has 1 amide bonds. The van der Waals surface area contributed by atoms with Gasteiger partial charge in [0.2, 0.25) is 5.91 Å². The van der Waals surface area contributed by atoms with Crippen molar-refractivity contribution in [3.63, 3.8) is 0 Å². The molecule has 1 aliphatic rings. The van der Waals surface area contributed by atoms with Crippen molar-refractivity contribution in [1.82, 2.24) is 9.80 Å². The summed E-state index contributed by atoms with van der Waals surface area (Å²) in [7, 11) is 3.49. The van der Waals surface area contributed by atoms with Crippen LogP contribution in [0.25, 0.3) is 0 Å². The highest BCUT2D eigenvalue weighted by Gasteiger charge is 2.32. The molecule has 0 spiro atoms. The van der Waals surface area contributed by atoms with Gasteiger partial charge < -0.3 is 14.7 Å². The van der Waals surface area contributed by atoms with Gasteiger partial charge in [-0.1, -0.05) is 19.1 Å². The van der Waals surface area contributed by atoms with E-state index in [1.54, 1.807) is 12.0 Å². The van der Waals surface area contributed by atoms with Gasteiger partial charge in [-0.05, 0) is 55.5 Å². The fourth-order valence-corrected chi connectivity index (χ4v) is 3.25. The Labute approximate surface area is 145 Å². The van der Waals surface area contributed by atoms with Gasteiger partial charge in [0, 0.05) is 20.2 Å². The standard InChI is InChI=1S/C19H30N2O3/c1-4-19(15-22)8-10-21(11-9-19)14-18(23)20(2)13-16-6-5-7-17(12-16)24-3/h5-7,12,22H,4,8-11,13-15H2,1-3H3. The lowest BCUT2D eigenvalue weighted by molar-refractivity contribution is -0.132. The molecule has 1 fully saturated rings. The predicted octanol–water partition coefficient (Wildman–Crippen LogP) is 2.14. The molecular weight excluding hydrogens is 304 g/mol. The number of aliphatic hydroxyl groups is 1. The largest absolute Gasteiger partial charge is 0.497 e. The van der Waals surface area contributed by atoms with Crippen molar-refractivity contribution in [2.24, 2.45) is 5.41 Å². The van der Waals surface area contributed by atoms with Crippen LogP contribution in [0.1, 0.15) is 31.7 Å². The third-order valence-electron chi connectivity index (χ3n) is 5.34. The van der Waals surface area contributed by atoms with Gasteiger partial charge in [0.05, 0.1) is 13.7 Å². The van der Waals surface area contributed by atoms with Crippen LogP contribution in [0.5, 0.6) is 5.75 Å². The first-order chi connectivity index (χ1) is 11.5. The van der Waals surface area contributed by atoms with Gasteiger partial charge in [0.15, 0.2) is 0 Å². The Morgan fingerprint density at radius 1 is 1.38 bits per heavy atom. The summed E-state index contributed by atoms with van der Waals surface area (Å²) >= 11 is 0. The number of piperidine rings is 1. The third-order valence-corrected chi connectivity index (χ3v) is 5.34. The van der Waals surface area contributed by atoms with Crippen molar-refractivity contribution in [2.75, 3.05) is 40.4 Å². The maximum absolute atomic E-state index is 12.5. The number of aliphatic hydroxyl groups excluding tert-OH is 1. The molecule has 0 radical (unpaired) electrons. The summed E-state index contributed by atoms with van der Waals surface area (Å²) in [6, 6.07) is 7.81. The maximum atomic E-state index is 12.5. The molecule has 1 aromatic rings. The first-order valence-electron chi connectivity index (χ1n) is 8.72. The van der Waals surface area contributed by atoms with Gasteiger partial charge >= 0.3 is 0 Å². The summed E-state index contributed by atoms with van der Waals surface area (Å²) in [5, 5.41) is 9.60. The molecule has 1 aromatic carbocycles. The van der Waals surface area contributed by atoms with E-state index in [-0.39, 0.29) is 17.9 Å². The van der Waals surface area contributed by atoms with E-state index in [0.717, 1.165) is 43.7 Å². The van der Waals surface area contributed by atoms with E-state index in [0.29, 0.717) is 13.1 Å².